The molecule has 4 heteroatoms. The Kier molecular flexibility index (Phi) is 5.83. The van der Waals surface area contributed by atoms with Gasteiger partial charge >= 0.3 is 0 Å². The molecule has 0 atom stereocenters. The number of phenolic OH excluding ortho intramolecular Hbond substituents is 1. The van der Waals surface area contributed by atoms with Crippen LogP contribution in [0.25, 0.3) is 0 Å². The summed E-state index contributed by atoms with van der Waals surface area (Å²) in [6.07, 6.45) is 1.81. The number of carbonyl (C=O) groups is 1. The molecular weight excluding hydrogens is 240 g/mol. The maximum absolute atomic E-state index is 12.6. The van der Waals surface area contributed by atoms with E-state index in [-0.39, 0.29) is 17.7 Å². The lowest BCUT2D eigenvalue weighted by Crippen LogP contribution is -2.43. The first-order valence-corrected chi connectivity index (χ1v) is 6.86. The summed E-state index contributed by atoms with van der Waals surface area (Å²) in [5.74, 6) is 0.107. The van der Waals surface area contributed by atoms with E-state index in [1.54, 1.807) is 25.1 Å². The Morgan fingerprint density at radius 2 is 2.00 bits per heavy atom. The van der Waals surface area contributed by atoms with E-state index in [1.807, 2.05) is 4.90 Å². The molecule has 0 radical (unpaired) electrons. The summed E-state index contributed by atoms with van der Waals surface area (Å²) in [6.45, 7) is 6.89. The summed E-state index contributed by atoms with van der Waals surface area (Å²) >= 11 is 0. The highest BCUT2D eigenvalue weighted by molar-refractivity contribution is 5.96. The fourth-order valence-electron chi connectivity index (χ4n) is 2.33. The summed E-state index contributed by atoms with van der Waals surface area (Å²) in [7, 11) is 0. The molecule has 0 aromatic heterocycles. The number of phenols is 1. The van der Waals surface area contributed by atoms with Crippen molar-refractivity contribution in [2.45, 2.75) is 39.7 Å². The number of carbonyl (C=O) groups excluding carboxylic acids is 1. The number of nitrogens with two attached hydrogens (primary N) is 1. The van der Waals surface area contributed by atoms with Crippen LogP contribution in [0, 0.1) is 6.92 Å². The van der Waals surface area contributed by atoms with Crippen LogP contribution in [-0.4, -0.2) is 35.0 Å². The fraction of sp³-hybridized carbons (Fsp3) is 0.533. The summed E-state index contributed by atoms with van der Waals surface area (Å²) in [5.41, 5.74) is 6.80. The van der Waals surface area contributed by atoms with Crippen molar-refractivity contribution in [1.82, 2.24) is 4.90 Å². The minimum atomic E-state index is -0.0486. The predicted octanol–water partition coefficient (Wildman–Crippen LogP) is 2.29. The number of hydrogen-bond acceptors (Lipinski definition) is 3. The quantitative estimate of drug-likeness (QED) is 0.828. The van der Waals surface area contributed by atoms with Crippen LogP contribution in [0.4, 0.5) is 0 Å². The zero-order valence-corrected chi connectivity index (χ0v) is 12.0. The van der Waals surface area contributed by atoms with Gasteiger partial charge in [0, 0.05) is 30.3 Å². The minimum absolute atomic E-state index is 0.0486. The average Bonchev–Trinajstić information content (AvgIpc) is 2.41. The van der Waals surface area contributed by atoms with Crippen LogP contribution in [0.2, 0.25) is 0 Å². The first-order valence-electron chi connectivity index (χ1n) is 6.86. The molecule has 1 aromatic rings. The second-order valence-corrected chi connectivity index (χ2v) is 4.71. The van der Waals surface area contributed by atoms with Gasteiger partial charge < -0.3 is 15.7 Å². The standard InChI is InChI=1S/C15H24N2O2/c1-4-12(5-2)17(10-9-16)15(19)13-7-6-8-14(18)11(13)3/h6-8,12,18H,4-5,9-10,16H2,1-3H3. The Morgan fingerprint density at radius 3 is 2.53 bits per heavy atom. The molecule has 4 nitrogen and oxygen atoms in total. The average molecular weight is 264 g/mol. The lowest BCUT2D eigenvalue weighted by atomic mass is 10.0. The van der Waals surface area contributed by atoms with Crippen LogP contribution < -0.4 is 5.73 Å². The van der Waals surface area contributed by atoms with Gasteiger partial charge in [-0.1, -0.05) is 19.9 Å². The number of aromatic hydroxyl groups is 1. The van der Waals surface area contributed by atoms with Crippen molar-refractivity contribution >= 4 is 5.91 Å². The van der Waals surface area contributed by atoms with Gasteiger partial charge in [0.2, 0.25) is 0 Å². The lowest BCUT2D eigenvalue weighted by molar-refractivity contribution is 0.0673. The van der Waals surface area contributed by atoms with Gasteiger partial charge in [0.1, 0.15) is 5.75 Å². The van der Waals surface area contributed by atoms with Gasteiger partial charge in [0.15, 0.2) is 0 Å². The fourth-order valence-corrected chi connectivity index (χ4v) is 2.33. The van der Waals surface area contributed by atoms with E-state index in [0.29, 0.717) is 24.2 Å². The summed E-state index contributed by atoms with van der Waals surface area (Å²) < 4.78 is 0. The maximum Gasteiger partial charge on any atom is 0.254 e. The lowest BCUT2D eigenvalue weighted by Gasteiger charge is -2.30. The minimum Gasteiger partial charge on any atom is -0.508 e. The van der Waals surface area contributed by atoms with E-state index in [1.165, 1.54) is 0 Å². The maximum atomic E-state index is 12.6. The Bertz CT molecular complexity index is 428. The Hall–Kier alpha value is -1.55. The largest absolute Gasteiger partial charge is 0.508 e. The van der Waals surface area contributed by atoms with E-state index in [0.717, 1.165) is 12.8 Å². The third-order valence-electron chi connectivity index (χ3n) is 3.55. The summed E-state index contributed by atoms with van der Waals surface area (Å²) in [5, 5.41) is 9.72. The molecule has 0 fully saturated rings. The molecule has 0 aliphatic carbocycles. The molecule has 19 heavy (non-hydrogen) atoms. The highest BCUT2D eigenvalue weighted by atomic mass is 16.3. The Balaban J connectivity index is 3.08. The Labute approximate surface area is 115 Å². The van der Waals surface area contributed by atoms with E-state index in [4.69, 9.17) is 5.73 Å². The van der Waals surface area contributed by atoms with E-state index in [9.17, 15) is 9.90 Å². The molecule has 1 rings (SSSR count). The first kappa shape index (κ1) is 15.5. The SMILES string of the molecule is CCC(CC)N(CCN)C(=O)c1cccc(O)c1C. The summed E-state index contributed by atoms with van der Waals surface area (Å²) in [6, 6.07) is 5.24. The second kappa shape index (κ2) is 7.14. The normalized spacial score (nSPS) is 10.8. The third-order valence-corrected chi connectivity index (χ3v) is 3.55. The molecular formula is C15H24N2O2. The van der Waals surface area contributed by atoms with Gasteiger partial charge in [0.05, 0.1) is 0 Å². The van der Waals surface area contributed by atoms with Crippen LogP contribution in [0.5, 0.6) is 5.75 Å². The number of rotatable bonds is 6. The van der Waals surface area contributed by atoms with Crippen LogP contribution in [0.1, 0.15) is 42.6 Å². The molecule has 1 aromatic carbocycles. The predicted molar refractivity (Wildman–Crippen MR) is 77.3 cm³/mol. The molecule has 0 aliphatic heterocycles. The topological polar surface area (TPSA) is 66.6 Å². The molecule has 106 valence electrons. The van der Waals surface area contributed by atoms with Crippen LogP contribution in [0.3, 0.4) is 0 Å². The van der Waals surface area contributed by atoms with Crippen LogP contribution >= 0.6 is 0 Å². The Morgan fingerprint density at radius 1 is 1.37 bits per heavy atom. The number of nitrogens with zero attached hydrogens (tertiary/aromatic N) is 1. The third kappa shape index (κ3) is 3.47. The zero-order valence-electron chi connectivity index (χ0n) is 12.0. The van der Waals surface area contributed by atoms with Crippen LogP contribution in [-0.2, 0) is 0 Å². The van der Waals surface area contributed by atoms with Gasteiger partial charge in [-0.25, -0.2) is 0 Å². The molecule has 0 aliphatic rings. The van der Waals surface area contributed by atoms with Crippen molar-refractivity contribution in [2.75, 3.05) is 13.1 Å². The highest BCUT2D eigenvalue weighted by Gasteiger charge is 2.23. The van der Waals surface area contributed by atoms with Crippen molar-refractivity contribution in [3.63, 3.8) is 0 Å². The summed E-state index contributed by atoms with van der Waals surface area (Å²) in [4.78, 5) is 14.4. The van der Waals surface area contributed by atoms with Crippen molar-refractivity contribution in [3.8, 4) is 5.75 Å². The van der Waals surface area contributed by atoms with Gasteiger partial charge in [-0.15, -0.1) is 0 Å². The molecule has 0 bridgehead atoms. The molecule has 0 saturated heterocycles. The molecule has 0 heterocycles. The molecule has 3 N–H and O–H groups in total. The number of amides is 1. The van der Waals surface area contributed by atoms with Crippen molar-refractivity contribution < 1.29 is 9.90 Å². The zero-order chi connectivity index (χ0) is 14.4. The molecule has 0 unspecified atom stereocenters. The van der Waals surface area contributed by atoms with Crippen molar-refractivity contribution in [3.05, 3.63) is 29.3 Å². The number of hydrogen-bond donors (Lipinski definition) is 2. The molecule has 0 spiro atoms. The van der Waals surface area contributed by atoms with E-state index in [2.05, 4.69) is 13.8 Å². The first-order chi connectivity index (χ1) is 9.06. The van der Waals surface area contributed by atoms with Gasteiger partial charge in [-0.3, -0.25) is 4.79 Å². The van der Waals surface area contributed by atoms with Crippen LogP contribution in [0.15, 0.2) is 18.2 Å². The van der Waals surface area contributed by atoms with Gasteiger partial charge in [0.25, 0.3) is 5.91 Å². The van der Waals surface area contributed by atoms with Crippen molar-refractivity contribution in [2.24, 2.45) is 5.73 Å². The van der Waals surface area contributed by atoms with Crippen molar-refractivity contribution in [1.29, 1.82) is 0 Å². The molecule has 0 saturated carbocycles. The van der Waals surface area contributed by atoms with E-state index >= 15 is 0 Å². The monoisotopic (exact) mass is 264 g/mol. The van der Waals surface area contributed by atoms with Gasteiger partial charge in [-0.2, -0.15) is 0 Å². The highest BCUT2D eigenvalue weighted by Crippen LogP contribution is 2.22. The van der Waals surface area contributed by atoms with E-state index < -0.39 is 0 Å². The second-order valence-electron chi connectivity index (χ2n) is 4.71. The smallest absolute Gasteiger partial charge is 0.254 e. The molecule has 1 amide bonds. The van der Waals surface area contributed by atoms with Gasteiger partial charge in [-0.05, 0) is 31.9 Å². The number of benzene rings is 1.